The molecule has 1 heterocycles. The van der Waals surface area contributed by atoms with Crippen molar-refractivity contribution >= 4 is 17.7 Å². The Morgan fingerprint density at radius 2 is 1.97 bits per heavy atom. The van der Waals surface area contributed by atoms with E-state index in [9.17, 15) is 14.7 Å². The Balaban J connectivity index is 1.59. The SMILES string of the molecule is CCOC1CN(c2cccc(C(=O)O)c2)CCC1NC(=O)OCc1ccccc1. The van der Waals surface area contributed by atoms with E-state index in [0.717, 1.165) is 11.3 Å². The lowest BCUT2D eigenvalue weighted by molar-refractivity contribution is 0.0261. The number of carboxylic acid groups (broad SMARTS) is 1. The normalized spacial score (nSPS) is 18.9. The van der Waals surface area contributed by atoms with Gasteiger partial charge in [-0.05, 0) is 37.1 Å². The number of nitrogens with one attached hydrogen (secondary N) is 1. The topological polar surface area (TPSA) is 88.1 Å². The number of amides is 1. The molecule has 3 rings (SSSR count). The number of hydrogen-bond acceptors (Lipinski definition) is 5. The molecule has 1 aliphatic heterocycles. The van der Waals surface area contributed by atoms with Gasteiger partial charge < -0.3 is 24.8 Å². The van der Waals surface area contributed by atoms with E-state index in [1.165, 1.54) is 0 Å². The van der Waals surface area contributed by atoms with E-state index in [2.05, 4.69) is 10.2 Å². The Bertz CT molecular complexity index is 827. The molecule has 0 bridgehead atoms. The summed E-state index contributed by atoms with van der Waals surface area (Å²) >= 11 is 0. The summed E-state index contributed by atoms with van der Waals surface area (Å²) in [5, 5.41) is 12.1. The maximum Gasteiger partial charge on any atom is 0.407 e. The van der Waals surface area contributed by atoms with Crippen molar-refractivity contribution in [2.75, 3.05) is 24.6 Å². The molecule has 0 radical (unpaired) electrons. The highest BCUT2D eigenvalue weighted by Gasteiger charge is 2.31. The number of benzene rings is 2. The minimum absolute atomic E-state index is 0.169. The fourth-order valence-corrected chi connectivity index (χ4v) is 3.45. The van der Waals surface area contributed by atoms with E-state index in [1.807, 2.05) is 43.3 Å². The largest absolute Gasteiger partial charge is 0.478 e. The molecule has 7 nitrogen and oxygen atoms in total. The van der Waals surface area contributed by atoms with Gasteiger partial charge in [0.05, 0.1) is 17.7 Å². The zero-order chi connectivity index (χ0) is 20.6. The van der Waals surface area contributed by atoms with E-state index in [1.54, 1.807) is 18.2 Å². The number of carbonyl (C=O) groups is 2. The third-order valence-electron chi connectivity index (χ3n) is 4.91. The molecular formula is C22H26N2O5. The summed E-state index contributed by atoms with van der Waals surface area (Å²) in [7, 11) is 0. The number of ether oxygens (including phenoxy) is 2. The first kappa shape index (κ1) is 20.7. The summed E-state index contributed by atoms with van der Waals surface area (Å²) < 4.78 is 11.2. The van der Waals surface area contributed by atoms with Gasteiger partial charge in [0.25, 0.3) is 0 Å². The Hall–Kier alpha value is -3.06. The molecule has 0 aliphatic carbocycles. The van der Waals surface area contributed by atoms with Crippen LogP contribution in [0.3, 0.4) is 0 Å². The van der Waals surface area contributed by atoms with Crippen LogP contribution < -0.4 is 10.2 Å². The minimum Gasteiger partial charge on any atom is -0.478 e. The number of aromatic carboxylic acids is 1. The van der Waals surface area contributed by atoms with E-state index in [4.69, 9.17) is 9.47 Å². The van der Waals surface area contributed by atoms with Crippen LogP contribution in [0.5, 0.6) is 0 Å². The van der Waals surface area contributed by atoms with Gasteiger partial charge in [-0.1, -0.05) is 36.4 Å². The molecule has 1 aliphatic rings. The van der Waals surface area contributed by atoms with Crippen molar-refractivity contribution in [3.8, 4) is 0 Å². The van der Waals surface area contributed by atoms with E-state index in [0.29, 0.717) is 26.1 Å². The number of hydrogen-bond donors (Lipinski definition) is 2. The highest BCUT2D eigenvalue weighted by atomic mass is 16.5. The first-order valence-corrected chi connectivity index (χ1v) is 9.74. The Morgan fingerprint density at radius 1 is 1.17 bits per heavy atom. The van der Waals surface area contributed by atoms with Crippen molar-refractivity contribution in [3.63, 3.8) is 0 Å². The molecule has 0 saturated carbocycles. The minimum atomic E-state index is -0.953. The number of carbonyl (C=O) groups excluding carboxylic acids is 1. The third-order valence-corrected chi connectivity index (χ3v) is 4.91. The maximum atomic E-state index is 12.2. The molecule has 2 aromatic carbocycles. The summed E-state index contributed by atoms with van der Waals surface area (Å²) in [4.78, 5) is 25.6. The standard InChI is InChI=1S/C22H26N2O5/c1-2-28-20-14-24(18-10-6-9-17(13-18)21(25)26)12-11-19(20)23-22(27)29-15-16-7-4-3-5-8-16/h3-10,13,19-20H,2,11-12,14-15H2,1H3,(H,23,27)(H,25,26). The fourth-order valence-electron chi connectivity index (χ4n) is 3.45. The Morgan fingerprint density at radius 3 is 2.69 bits per heavy atom. The van der Waals surface area contributed by atoms with Gasteiger partial charge >= 0.3 is 12.1 Å². The van der Waals surface area contributed by atoms with Gasteiger partial charge in [0.15, 0.2) is 0 Å². The Labute approximate surface area is 170 Å². The molecule has 7 heteroatoms. The van der Waals surface area contributed by atoms with Crippen molar-refractivity contribution in [3.05, 3.63) is 65.7 Å². The van der Waals surface area contributed by atoms with Crippen LogP contribution in [0.25, 0.3) is 0 Å². The van der Waals surface area contributed by atoms with Crippen LogP contribution in [-0.4, -0.2) is 49.0 Å². The quantitative estimate of drug-likeness (QED) is 0.744. The van der Waals surface area contributed by atoms with Crippen LogP contribution in [0.4, 0.5) is 10.5 Å². The van der Waals surface area contributed by atoms with Gasteiger partial charge in [0.1, 0.15) is 6.61 Å². The smallest absolute Gasteiger partial charge is 0.407 e. The first-order chi connectivity index (χ1) is 14.1. The van der Waals surface area contributed by atoms with Gasteiger partial charge in [0, 0.05) is 25.4 Å². The molecule has 2 aromatic rings. The fraction of sp³-hybridized carbons (Fsp3) is 0.364. The lowest BCUT2D eigenvalue weighted by atomic mass is 10.0. The zero-order valence-electron chi connectivity index (χ0n) is 16.4. The molecule has 29 heavy (non-hydrogen) atoms. The van der Waals surface area contributed by atoms with Crippen molar-refractivity contribution in [1.82, 2.24) is 5.32 Å². The van der Waals surface area contributed by atoms with Gasteiger partial charge in [0.2, 0.25) is 0 Å². The zero-order valence-corrected chi connectivity index (χ0v) is 16.4. The van der Waals surface area contributed by atoms with E-state index >= 15 is 0 Å². The van der Waals surface area contributed by atoms with Crippen LogP contribution in [0.15, 0.2) is 54.6 Å². The second-order valence-electron chi connectivity index (χ2n) is 6.90. The first-order valence-electron chi connectivity index (χ1n) is 9.74. The molecule has 2 N–H and O–H groups in total. The monoisotopic (exact) mass is 398 g/mol. The summed E-state index contributed by atoms with van der Waals surface area (Å²) in [6.45, 7) is 3.88. The van der Waals surface area contributed by atoms with Crippen LogP contribution in [-0.2, 0) is 16.1 Å². The molecule has 1 amide bonds. The predicted molar refractivity (Wildman–Crippen MR) is 109 cm³/mol. The lowest BCUT2D eigenvalue weighted by Crippen LogP contribution is -2.55. The van der Waals surface area contributed by atoms with Crippen molar-refractivity contribution in [1.29, 1.82) is 0 Å². The third kappa shape index (κ3) is 5.71. The van der Waals surface area contributed by atoms with E-state index in [-0.39, 0.29) is 24.3 Å². The molecule has 2 atom stereocenters. The lowest BCUT2D eigenvalue weighted by Gasteiger charge is -2.39. The number of rotatable bonds is 7. The molecule has 2 unspecified atom stereocenters. The van der Waals surface area contributed by atoms with Gasteiger partial charge in [-0.25, -0.2) is 9.59 Å². The molecule has 0 aromatic heterocycles. The van der Waals surface area contributed by atoms with Gasteiger partial charge in [-0.3, -0.25) is 0 Å². The number of nitrogens with zero attached hydrogens (tertiary/aromatic N) is 1. The van der Waals surface area contributed by atoms with Gasteiger partial charge in [-0.2, -0.15) is 0 Å². The highest BCUT2D eigenvalue weighted by Crippen LogP contribution is 2.23. The average Bonchev–Trinajstić information content (AvgIpc) is 2.74. The predicted octanol–water partition coefficient (Wildman–Crippen LogP) is 3.30. The van der Waals surface area contributed by atoms with Crippen LogP contribution in [0.2, 0.25) is 0 Å². The number of alkyl carbamates (subject to hydrolysis) is 1. The average molecular weight is 398 g/mol. The number of anilines is 1. The van der Waals surface area contributed by atoms with E-state index < -0.39 is 12.1 Å². The maximum absolute atomic E-state index is 12.2. The highest BCUT2D eigenvalue weighted by molar-refractivity contribution is 5.88. The van der Waals surface area contributed by atoms with Crippen molar-refractivity contribution in [2.24, 2.45) is 0 Å². The second kappa shape index (κ2) is 9.93. The molecule has 0 spiro atoms. The molecule has 1 fully saturated rings. The van der Waals surface area contributed by atoms with Crippen LogP contribution in [0, 0.1) is 0 Å². The summed E-state index contributed by atoms with van der Waals surface area (Å²) in [5.41, 5.74) is 2.01. The van der Waals surface area contributed by atoms with Crippen molar-refractivity contribution in [2.45, 2.75) is 32.1 Å². The van der Waals surface area contributed by atoms with Crippen LogP contribution >= 0.6 is 0 Å². The molecule has 1 saturated heterocycles. The second-order valence-corrected chi connectivity index (χ2v) is 6.90. The Kier molecular flexibility index (Phi) is 7.08. The number of carboxylic acids is 1. The molecule has 154 valence electrons. The van der Waals surface area contributed by atoms with Gasteiger partial charge in [-0.15, -0.1) is 0 Å². The summed E-state index contributed by atoms with van der Waals surface area (Å²) in [6, 6.07) is 16.2. The summed E-state index contributed by atoms with van der Waals surface area (Å²) in [6.07, 6.45) is -0.0148. The summed E-state index contributed by atoms with van der Waals surface area (Å²) in [5.74, 6) is -0.953. The number of piperidine rings is 1. The molecular weight excluding hydrogens is 372 g/mol. The van der Waals surface area contributed by atoms with Crippen molar-refractivity contribution < 1.29 is 24.2 Å². The van der Waals surface area contributed by atoms with Crippen LogP contribution in [0.1, 0.15) is 29.3 Å².